The quantitative estimate of drug-likeness (QED) is 0.0856. The first kappa shape index (κ1) is 98.2. The monoisotopic (exact) mass is 1760 g/mol. The van der Waals surface area contributed by atoms with Crippen molar-refractivity contribution in [1.29, 1.82) is 0 Å². The SMILES string of the molecule is C.COc1nc(N2CCN(C(=O)Nc3ccc(C(C)C)cc3)CC2)ncc1C.Cc1ccc(N2CCN(C(=O)Cc3ccc(C(C)(C)C)cc3)CC2)nn1.Cc1ccc(N2CCN(C(=O)Cc3ccc(C(C)C)cc3)CC2)nn1.Cc1ccc(N2CCN(C(=O)Oc3ccc(C(C)C)cc3)CC2)nn1.Cc1cnc(N2CCN(C(=O)Nc3ccc(C(C)C)cc3)CC2)nc1. The number of hydrogen-bond acceptors (Lipinski definition) is 22. The van der Waals surface area contributed by atoms with Crippen LogP contribution in [0.3, 0.4) is 0 Å². The summed E-state index contributed by atoms with van der Waals surface area (Å²) < 4.78 is 10.8. The van der Waals surface area contributed by atoms with Gasteiger partial charge in [0.25, 0.3) is 0 Å². The van der Waals surface area contributed by atoms with Crippen molar-refractivity contribution < 1.29 is 33.4 Å². The van der Waals surface area contributed by atoms with Gasteiger partial charge in [-0.1, -0.05) is 169 Å². The summed E-state index contributed by atoms with van der Waals surface area (Å²) in [6, 6.07) is 52.3. The van der Waals surface area contributed by atoms with E-state index in [0.717, 1.165) is 153 Å². The Morgan fingerprint density at radius 3 is 1.02 bits per heavy atom. The van der Waals surface area contributed by atoms with Gasteiger partial charge in [-0.05, 0) is 181 Å². The highest BCUT2D eigenvalue weighted by atomic mass is 16.6. The molecule has 686 valence electrons. The number of amides is 7. The van der Waals surface area contributed by atoms with Crippen LogP contribution in [-0.2, 0) is 27.8 Å². The Morgan fingerprint density at radius 1 is 0.364 bits per heavy atom. The lowest BCUT2D eigenvalue weighted by atomic mass is 9.86. The van der Waals surface area contributed by atoms with Gasteiger partial charge in [0, 0.05) is 166 Å². The van der Waals surface area contributed by atoms with Gasteiger partial charge in [0.2, 0.25) is 29.6 Å². The van der Waals surface area contributed by atoms with Gasteiger partial charge in [0.1, 0.15) is 5.75 Å². The topological polar surface area (TPSA) is 289 Å². The van der Waals surface area contributed by atoms with Gasteiger partial charge in [-0.25, -0.2) is 29.3 Å². The summed E-state index contributed by atoms with van der Waals surface area (Å²) >= 11 is 0. The summed E-state index contributed by atoms with van der Waals surface area (Å²) in [4.78, 5) is 100.0. The van der Waals surface area contributed by atoms with Gasteiger partial charge in [0.15, 0.2) is 17.5 Å². The Kier molecular flexibility index (Phi) is 35.9. The molecule has 29 nitrogen and oxygen atoms in total. The number of aryl methyl sites for hydroxylation is 5. The Morgan fingerprint density at radius 2 is 0.682 bits per heavy atom. The van der Waals surface area contributed by atoms with Crippen LogP contribution in [0.1, 0.15) is 174 Å². The highest BCUT2D eigenvalue weighted by Crippen LogP contribution is 2.28. The third-order valence-corrected chi connectivity index (χ3v) is 23.3. The van der Waals surface area contributed by atoms with E-state index in [1.54, 1.807) is 18.2 Å². The number of ether oxygens (including phenoxy) is 2. The van der Waals surface area contributed by atoms with Crippen molar-refractivity contribution in [2.45, 2.75) is 160 Å². The summed E-state index contributed by atoms with van der Waals surface area (Å²) in [6.07, 6.45) is 6.05. The average molecular weight is 1760 g/mol. The predicted molar refractivity (Wildman–Crippen MR) is 515 cm³/mol. The zero-order valence-corrected chi connectivity index (χ0v) is 77.9. The van der Waals surface area contributed by atoms with Crippen LogP contribution < -0.4 is 44.6 Å². The van der Waals surface area contributed by atoms with Crippen molar-refractivity contribution in [2.24, 2.45) is 0 Å². The first-order chi connectivity index (χ1) is 61.4. The first-order valence-corrected chi connectivity index (χ1v) is 44.8. The van der Waals surface area contributed by atoms with Crippen LogP contribution in [0.15, 0.2) is 176 Å². The lowest BCUT2D eigenvalue weighted by Crippen LogP contribution is -2.50. The van der Waals surface area contributed by atoms with E-state index in [2.05, 4.69) is 235 Å². The van der Waals surface area contributed by atoms with Crippen LogP contribution in [-0.4, -0.2) is 243 Å². The number of anilines is 7. The largest absolute Gasteiger partial charge is 0.481 e. The molecule has 5 aliphatic heterocycles. The van der Waals surface area contributed by atoms with E-state index < -0.39 is 0 Å². The van der Waals surface area contributed by atoms with E-state index in [1.807, 2.05) is 152 Å². The molecule has 0 saturated carbocycles. The molecule has 129 heavy (non-hydrogen) atoms. The molecule has 0 spiro atoms. The third kappa shape index (κ3) is 29.3. The van der Waals surface area contributed by atoms with Crippen molar-refractivity contribution in [1.82, 2.24) is 75.0 Å². The number of nitrogens with zero attached hydrogens (tertiary/aromatic N) is 20. The number of urea groups is 2. The van der Waals surface area contributed by atoms with Gasteiger partial charge in [-0.3, -0.25) is 9.59 Å². The number of methoxy groups -OCH3 is 1. The lowest BCUT2D eigenvalue weighted by Gasteiger charge is -2.35. The maximum Gasteiger partial charge on any atom is 0.415 e. The summed E-state index contributed by atoms with van der Waals surface area (Å²) in [5.74, 6) is 7.51. The van der Waals surface area contributed by atoms with Crippen molar-refractivity contribution >= 4 is 70.7 Å². The number of carbonyl (C=O) groups is 5. The van der Waals surface area contributed by atoms with Crippen molar-refractivity contribution in [3.8, 4) is 11.6 Å². The Balaban J connectivity index is 0.000000167. The number of piperazine rings is 5. The number of nitrogens with one attached hydrogen (secondary N) is 2. The normalized spacial score (nSPS) is 14.7. The second-order valence-electron chi connectivity index (χ2n) is 35.4. The van der Waals surface area contributed by atoms with Crippen molar-refractivity contribution in [2.75, 3.05) is 173 Å². The van der Waals surface area contributed by atoms with Gasteiger partial charge in [-0.2, -0.15) is 20.3 Å². The first-order valence-electron chi connectivity index (χ1n) is 44.8. The molecule has 5 saturated heterocycles. The second-order valence-corrected chi connectivity index (χ2v) is 35.4. The molecule has 0 unspecified atom stereocenters. The van der Waals surface area contributed by atoms with E-state index in [1.165, 1.54) is 27.8 Å². The number of carbonyl (C=O) groups excluding carboxylic acids is 5. The van der Waals surface area contributed by atoms with Crippen molar-refractivity contribution in [3.05, 3.63) is 243 Å². The van der Waals surface area contributed by atoms with Gasteiger partial charge in [-0.15, -0.1) is 15.3 Å². The van der Waals surface area contributed by atoms with Crippen molar-refractivity contribution in [3.63, 3.8) is 0 Å². The van der Waals surface area contributed by atoms with Crippen LogP contribution in [0.2, 0.25) is 0 Å². The van der Waals surface area contributed by atoms with Crippen LogP contribution >= 0.6 is 0 Å². The minimum atomic E-state index is -0.299. The smallest absolute Gasteiger partial charge is 0.415 e. The van der Waals surface area contributed by atoms with E-state index in [4.69, 9.17) is 9.47 Å². The minimum absolute atomic E-state index is 0. The molecule has 10 heterocycles. The van der Waals surface area contributed by atoms with E-state index >= 15 is 0 Å². The Labute approximate surface area is 763 Å². The molecule has 15 rings (SSSR count). The Hall–Kier alpha value is -13.0. The standard InChI is InChI=1S/C21H28N4O.C20H27N5O2.C20H26N4O.C19H25N5O.C19H24N4O2.CH4/c1-16-5-10-19(23-22-16)24-11-13-25(14-12-24)20(26)15-17-6-8-18(9-7-17)21(2,3)4;1-14(2)16-5-7-17(8-6-16)22-20(26)25-11-9-24(10-12-25)19-21-13-15(3)18(23-19)27-4;1-15(2)18-7-5-17(6-8-18)14-20(25)24-12-10-23(11-13-24)19-9-4-16(3)21-22-19;1-14(2)16-4-6-17(7-5-16)22-19(25)24-10-8-23(9-11-24)18-20-12-15(3)13-21-18;1-14(2)16-5-7-17(8-6-16)25-19(24)23-12-10-22(11-13-23)18-9-4-15(3)20-21-18;/h5-10H,11-15H2,1-4H3;5-8,13-14H,9-12H2,1-4H3,(H,22,26);4-9,15H,10-14H2,1-3H3;4-7,12-14H,8-11H2,1-3H3,(H,22,25);4-9,14H,10-13H2,1-3H3;1H4. The fraction of sp³-hybridized carbons (Fsp3) is 0.450. The molecule has 0 aliphatic carbocycles. The van der Waals surface area contributed by atoms with Crippen LogP contribution in [0.4, 0.5) is 55.1 Å². The van der Waals surface area contributed by atoms with Crippen LogP contribution in [0.5, 0.6) is 11.6 Å². The number of rotatable bonds is 17. The molecule has 7 amide bonds. The average Bonchev–Trinajstić information content (AvgIpc) is 0.847. The summed E-state index contributed by atoms with van der Waals surface area (Å²) in [7, 11) is 1.61. The highest BCUT2D eigenvalue weighted by molar-refractivity contribution is 5.90. The predicted octanol–water partition coefficient (Wildman–Crippen LogP) is 16.2. The van der Waals surface area contributed by atoms with E-state index in [0.29, 0.717) is 106 Å². The molecule has 5 fully saturated rings. The molecule has 5 aromatic heterocycles. The van der Waals surface area contributed by atoms with Crippen LogP contribution in [0.25, 0.3) is 0 Å². The fourth-order valence-corrected chi connectivity index (χ4v) is 14.8. The third-order valence-electron chi connectivity index (χ3n) is 23.3. The minimum Gasteiger partial charge on any atom is -0.481 e. The van der Waals surface area contributed by atoms with Gasteiger partial charge < -0.3 is 69.1 Å². The maximum atomic E-state index is 12.6. The molecule has 0 radical (unpaired) electrons. The molecule has 10 aromatic rings. The molecule has 0 bridgehead atoms. The molecule has 5 aromatic carbocycles. The van der Waals surface area contributed by atoms with Gasteiger partial charge in [0.05, 0.1) is 37.0 Å². The molecule has 2 N–H and O–H groups in total. The lowest BCUT2D eigenvalue weighted by molar-refractivity contribution is -0.131. The number of aromatic nitrogens is 10. The number of benzene rings is 5. The zero-order chi connectivity index (χ0) is 91.6. The fourth-order valence-electron chi connectivity index (χ4n) is 14.8. The summed E-state index contributed by atoms with van der Waals surface area (Å²) in [5.41, 5.74) is 15.0. The van der Waals surface area contributed by atoms with E-state index in [9.17, 15) is 24.0 Å². The molecule has 0 atom stereocenters. The maximum absolute atomic E-state index is 12.6. The molecular weight excluding hydrogens is 1620 g/mol. The summed E-state index contributed by atoms with van der Waals surface area (Å²) in [6.45, 7) is 47.7. The Bertz CT molecular complexity index is 4840. The molecule has 5 aliphatic rings. The van der Waals surface area contributed by atoms with Gasteiger partial charge >= 0.3 is 18.2 Å². The molecular formula is C100H134N22O7. The second kappa shape index (κ2) is 47.2. The summed E-state index contributed by atoms with van der Waals surface area (Å²) in [5, 5.41) is 30.9. The number of hydrogen-bond donors (Lipinski definition) is 2. The zero-order valence-electron chi connectivity index (χ0n) is 77.9. The molecule has 29 heteroatoms. The highest BCUT2D eigenvalue weighted by Gasteiger charge is 2.30. The van der Waals surface area contributed by atoms with E-state index in [-0.39, 0.29) is 42.8 Å². The van der Waals surface area contributed by atoms with Crippen LogP contribution in [0, 0.1) is 34.6 Å².